The predicted octanol–water partition coefficient (Wildman–Crippen LogP) is -0.415. The minimum absolute atomic E-state index is 0.172. The summed E-state index contributed by atoms with van der Waals surface area (Å²) in [7, 11) is 0. The van der Waals surface area contributed by atoms with E-state index >= 15 is 0 Å². The third-order valence-corrected chi connectivity index (χ3v) is 3.05. The van der Waals surface area contributed by atoms with Crippen molar-refractivity contribution in [3.05, 3.63) is 0 Å². The summed E-state index contributed by atoms with van der Waals surface area (Å²) in [6.45, 7) is 5.20. The fourth-order valence-corrected chi connectivity index (χ4v) is 1.62. The zero-order chi connectivity index (χ0) is 17.5. The molecule has 2 amide bonds. The fraction of sp³-hybridized carbons (Fsp3) is 0.571. The predicted molar refractivity (Wildman–Crippen MR) is 76.7 cm³/mol. The lowest BCUT2D eigenvalue weighted by atomic mass is 9.87. The quantitative estimate of drug-likeness (QED) is 0.493. The number of nitrogens with one attached hydrogen (secondary N) is 2. The van der Waals surface area contributed by atoms with Crippen molar-refractivity contribution >= 4 is 23.8 Å². The molecule has 0 radical (unpaired) electrons. The Morgan fingerprint density at radius 1 is 1.14 bits per heavy atom. The van der Waals surface area contributed by atoms with Crippen molar-refractivity contribution in [3.8, 4) is 11.8 Å². The Morgan fingerprint density at radius 2 is 1.68 bits per heavy atom. The molecule has 0 aliphatic carbocycles. The molecular formula is C14H20N2O6. The summed E-state index contributed by atoms with van der Waals surface area (Å²) in [5, 5.41) is 22.7. The lowest BCUT2D eigenvalue weighted by Gasteiger charge is -2.28. The van der Waals surface area contributed by atoms with Crippen LogP contribution < -0.4 is 10.6 Å². The SMILES string of the molecule is CC(=O)N[C@H](CC#CC(C)[C@@](C)(NC(C)=O)C(=O)O)C(=O)O. The second-order valence-electron chi connectivity index (χ2n) is 5.03. The third-order valence-electron chi connectivity index (χ3n) is 3.05. The van der Waals surface area contributed by atoms with E-state index in [9.17, 15) is 24.3 Å². The second kappa shape index (κ2) is 8.02. The molecule has 0 bridgehead atoms. The van der Waals surface area contributed by atoms with Gasteiger partial charge in [-0.05, 0) is 13.8 Å². The number of carboxylic acid groups (broad SMARTS) is 2. The van der Waals surface area contributed by atoms with E-state index in [0.717, 1.165) is 0 Å². The van der Waals surface area contributed by atoms with Crippen LogP contribution in [0, 0.1) is 17.8 Å². The summed E-state index contributed by atoms with van der Waals surface area (Å²) in [6.07, 6.45) is -0.172. The minimum Gasteiger partial charge on any atom is -0.480 e. The molecule has 0 aliphatic heterocycles. The first-order valence-electron chi connectivity index (χ1n) is 6.51. The van der Waals surface area contributed by atoms with E-state index in [1.165, 1.54) is 27.7 Å². The Bertz CT molecular complexity index is 533. The molecule has 0 aromatic heterocycles. The molecule has 8 nitrogen and oxygen atoms in total. The van der Waals surface area contributed by atoms with Crippen LogP contribution in [0.4, 0.5) is 0 Å². The van der Waals surface area contributed by atoms with Gasteiger partial charge in [0.05, 0.1) is 5.92 Å². The summed E-state index contributed by atoms with van der Waals surface area (Å²) >= 11 is 0. The number of carboxylic acids is 2. The summed E-state index contributed by atoms with van der Waals surface area (Å²) in [6, 6.07) is -1.17. The highest BCUT2D eigenvalue weighted by Crippen LogP contribution is 2.17. The summed E-state index contributed by atoms with van der Waals surface area (Å²) in [4.78, 5) is 44.2. The second-order valence-corrected chi connectivity index (χ2v) is 5.03. The molecule has 0 aromatic rings. The number of hydrogen-bond donors (Lipinski definition) is 4. The molecule has 122 valence electrons. The number of hydrogen-bond acceptors (Lipinski definition) is 4. The van der Waals surface area contributed by atoms with Crippen LogP contribution in [0.1, 0.15) is 34.1 Å². The highest BCUT2D eigenvalue weighted by molar-refractivity contribution is 5.86. The van der Waals surface area contributed by atoms with E-state index in [1.54, 1.807) is 0 Å². The van der Waals surface area contributed by atoms with Crippen molar-refractivity contribution < 1.29 is 29.4 Å². The maximum atomic E-state index is 11.3. The van der Waals surface area contributed by atoms with Crippen molar-refractivity contribution in [1.29, 1.82) is 0 Å². The molecule has 0 aliphatic rings. The van der Waals surface area contributed by atoms with Gasteiger partial charge in [-0.2, -0.15) is 0 Å². The van der Waals surface area contributed by atoms with Gasteiger partial charge in [0.2, 0.25) is 11.8 Å². The maximum Gasteiger partial charge on any atom is 0.330 e. The van der Waals surface area contributed by atoms with Crippen LogP contribution in [0.25, 0.3) is 0 Å². The Labute approximate surface area is 128 Å². The van der Waals surface area contributed by atoms with Gasteiger partial charge in [0.25, 0.3) is 0 Å². The van der Waals surface area contributed by atoms with E-state index in [0.29, 0.717) is 0 Å². The van der Waals surface area contributed by atoms with Crippen molar-refractivity contribution in [2.24, 2.45) is 5.92 Å². The van der Waals surface area contributed by atoms with Crippen molar-refractivity contribution in [2.75, 3.05) is 0 Å². The zero-order valence-electron chi connectivity index (χ0n) is 12.9. The van der Waals surface area contributed by atoms with Crippen LogP contribution in [0.3, 0.4) is 0 Å². The van der Waals surface area contributed by atoms with Crippen LogP contribution in [-0.2, 0) is 19.2 Å². The molecule has 4 N–H and O–H groups in total. The summed E-state index contributed by atoms with van der Waals surface area (Å²) in [5.41, 5.74) is -1.59. The van der Waals surface area contributed by atoms with E-state index in [4.69, 9.17) is 5.11 Å². The smallest absolute Gasteiger partial charge is 0.330 e. The van der Waals surface area contributed by atoms with Crippen molar-refractivity contribution in [2.45, 2.75) is 45.7 Å². The highest BCUT2D eigenvalue weighted by atomic mass is 16.4. The Balaban J connectivity index is 5.06. The first kappa shape index (κ1) is 19.4. The van der Waals surface area contributed by atoms with E-state index in [1.807, 2.05) is 0 Å². The van der Waals surface area contributed by atoms with Crippen LogP contribution in [0.2, 0.25) is 0 Å². The van der Waals surface area contributed by atoms with E-state index < -0.39 is 41.3 Å². The standard InChI is InChI=1S/C14H20N2O6/c1-8(14(4,13(21)22)16-10(3)18)6-5-7-11(12(19)20)15-9(2)17/h8,11H,7H2,1-4H3,(H,15,17)(H,16,18)(H,19,20)(H,21,22)/t8?,11-,14-/m1/s1. The van der Waals surface area contributed by atoms with E-state index in [2.05, 4.69) is 22.5 Å². The topological polar surface area (TPSA) is 133 Å². The van der Waals surface area contributed by atoms with Crippen LogP contribution in [0.5, 0.6) is 0 Å². The molecule has 0 aromatic carbocycles. The lowest BCUT2D eigenvalue weighted by molar-refractivity contribution is -0.148. The molecule has 3 atom stereocenters. The highest BCUT2D eigenvalue weighted by Gasteiger charge is 2.39. The van der Waals surface area contributed by atoms with Crippen molar-refractivity contribution in [3.63, 3.8) is 0 Å². The van der Waals surface area contributed by atoms with Crippen LogP contribution >= 0.6 is 0 Å². The molecule has 0 rings (SSSR count). The molecule has 8 heteroatoms. The van der Waals surface area contributed by atoms with Gasteiger partial charge in [-0.25, -0.2) is 9.59 Å². The Morgan fingerprint density at radius 3 is 2.05 bits per heavy atom. The van der Waals surface area contributed by atoms with Gasteiger partial charge in [-0.3, -0.25) is 9.59 Å². The third kappa shape index (κ3) is 5.83. The number of rotatable bonds is 6. The molecule has 0 saturated carbocycles. The monoisotopic (exact) mass is 312 g/mol. The lowest BCUT2D eigenvalue weighted by Crippen LogP contribution is -2.55. The molecule has 0 saturated heterocycles. The van der Waals surface area contributed by atoms with Gasteiger partial charge in [0.15, 0.2) is 0 Å². The van der Waals surface area contributed by atoms with Gasteiger partial charge in [-0.1, -0.05) is 5.92 Å². The minimum atomic E-state index is -1.59. The zero-order valence-corrected chi connectivity index (χ0v) is 12.9. The average molecular weight is 312 g/mol. The van der Waals surface area contributed by atoms with Gasteiger partial charge in [-0.15, -0.1) is 5.92 Å². The Kier molecular flexibility index (Phi) is 7.09. The number of carbonyl (C=O) groups excluding carboxylic acids is 2. The normalized spacial score (nSPS) is 15.3. The number of aliphatic carboxylic acids is 2. The molecule has 0 spiro atoms. The average Bonchev–Trinajstić information content (AvgIpc) is 2.35. The fourth-order valence-electron chi connectivity index (χ4n) is 1.62. The molecule has 0 heterocycles. The maximum absolute atomic E-state index is 11.3. The molecule has 0 fully saturated rings. The molecular weight excluding hydrogens is 292 g/mol. The largest absolute Gasteiger partial charge is 0.480 e. The van der Waals surface area contributed by atoms with Crippen LogP contribution in [0.15, 0.2) is 0 Å². The van der Waals surface area contributed by atoms with Gasteiger partial charge in [0, 0.05) is 20.3 Å². The van der Waals surface area contributed by atoms with E-state index in [-0.39, 0.29) is 6.42 Å². The van der Waals surface area contributed by atoms with Crippen molar-refractivity contribution in [1.82, 2.24) is 10.6 Å². The summed E-state index contributed by atoms with van der Waals surface area (Å²) in [5.74, 6) is 0.888. The number of carbonyl (C=O) groups is 4. The number of amides is 2. The van der Waals surface area contributed by atoms with Gasteiger partial charge < -0.3 is 20.8 Å². The first-order valence-corrected chi connectivity index (χ1v) is 6.51. The molecule has 1 unspecified atom stereocenters. The van der Waals surface area contributed by atoms with Gasteiger partial charge in [0.1, 0.15) is 11.6 Å². The van der Waals surface area contributed by atoms with Gasteiger partial charge >= 0.3 is 11.9 Å². The first-order chi connectivity index (χ1) is 10.0. The van der Waals surface area contributed by atoms with Crippen LogP contribution in [-0.4, -0.2) is 45.5 Å². The summed E-state index contributed by atoms with van der Waals surface area (Å²) < 4.78 is 0. The molecule has 22 heavy (non-hydrogen) atoms. The Hall–Kier alpha value is -2.56.